The van der Waals surface area contributed by atoms with Gasteiger partial charge < -0.3 is 15.5 Å². The van der Waals surface area contributed by atoms with E-state index < -0.39 is 0 Å². The summed E-state index contributed by atoms with van der Waals surface area (Å²) in [7, 11) is 2.23. The molecule has 0 radical (unpaired) electrons. The lowest BCUT2D eigenvalue weighted by molar-refractivity contribution is 0.190. The van der Waals surface area contributed by atoms with Gasteiger partial charge in [0.2, 0.25) is 0 Å². The summed E-state index contributed by atoms with van der Waals surface area (Å²) in [4.78, 5) is 3.92. The monoisotopic (exact) mass is 331 g/mol. The van der Waals surface area contributed by atoms with Crippen LogP contribution in [0.4, 0.5) is 0 Å². The third kappa shape index (κ3) is 4.63. The minimum atomic E-state index is 0.696. The summed E-state index contributed by atoms with van der Waals surface area (Å²) in [5.41, 5.74) is 0. The number of halogens is 1. The van der Waals surface area contributed by atoms with Crippen molar-refractivity contribution in [2.45, 2.75) is 18.9 Å². The zero-order chi connectivity index (χ0) is 12.8. The molecule has 1 aromatic rings. The van der Waals surface area contributed by atoms with Crippen LogP contribution in [0.2, 0.25) is 0 Å². The highest BCUT2D eigenvalue weighted by Gasteiger charge is 2.17. The van der Waals surface area contributed by atoms with Crippen molar-refractivity contribution in [1.82, 2.24) is 15.5 Å². The van der Waals surface area contributed by atoms with E-state index in [0.29, 0.717) is 6.04 Å². The van der Waals surface area contributed by atoms with Crippen molar-refractivity contribution in [2.24, 2.45) is 0 Å². The zero-order valence-electron chi connectivity index (χ0n) is 10.9. The van der Waals surface area contributed by atoms with Gasteiger partial charge in [-0.1, -0.05) is 0 Å². The molecular weight excluding hydrogens is 310 g/mol. The summed E-state index contributed by atoms with van der Waals surface area (Å²) < 4.78 is 1.21. The van der Waals surface area contributed by atoms with E-state index in [4.69, 9.17) is 0 Å². The summed E-state index contributed by atoms with van der Waals surface area (Å²) in [5, 5.41) is 9.16. The molecule has 2 rings (SSSR count). The molecule has 0 spiro atoms. The molecule has 0 aromatic carbocycles. The van der Waals surface area contributed by atoms with E-state index in [1.807, 2.05) is 11.3 Å². The molecule has 0 amide bonds. The molecule has 0 aliphatic carbocycles. The SMILES string of the molecule is CN1CCNCC1CCNCCc1cc(Br)cs1. The number of hydrogen-bond donors (Lipinski definition) is 2. The largest absolute Gasteiger partial charge is 0.316 e. The number of likely N-dealkylation sites (N-methyl/N-ethyl adjacent to an activating group) is 1. The Bertz CT molecular complexity index is 356. The molecule has 0 bridgehead atoms. The Morgan fingerprint density at radius 3 is 3.17 bits per heavy atom. The van der Waals surface area contributed by atoms with E-state index in [0.717, 1.165) is 32.6 Å². The summed E-state index contributed by atoms with van der Waals surface area (Å²) in [5.74, 6) is 0. The van der Waals surface area contributed by atoms with Crippen LogP contribution in [0.15, 0.2) is 15.9 Å². The average Bonchev–Trinajstić information content (AvgIpc) is 2.77. The lowest BCUT2D eigenvalue weighted by Gasteiger charge is -2.33. The Labute approximate surface area is 122 Å². The predicted molar refractivity (Wildman–Crippen MR) is 82.5 cm³/mol. The van der Waals surface area contributed by atoms with Crippen LogP contribution in [0.5, 0.6) is 0 Å². The van der Waals surface area contributed by atoms with Gasteiger partial charge in [0.05, 0.1) is 0 Å². The van der Waals surface area contributed by atoms with E-state index in [1.54, 1.807) is 0 Å². The zero-order valence-corrected chi connectivity index (χ0v) is 13.3. The lowest BCUT2D eigenvalue weighted by Crippen LogP contribution is -2.50. The third-order valence-corrected chi connectivity index (χ3v) is 5.23. The minimum absolute atomic E-state index is 0.696. The molecule has 2 heterocycles. The van der Waals surface area contributed by atoms with Gasteiger partial charge in [-0.25, -0.2) is 0 Å². The first kappa shape index (κ1) is 14.5. The molecule has 1 aliphatic rings. The molecule has 1 atom stereocenters. The van der Waals surface area contributed by atoms with Crippen molar-refractivity contribution in [3.8, 4) is 0 Å². The molecule has 1 aliphatic heterocycles. The van der Waals surface area contributed by atoms with E-state index >= 15 is 0 Å². The minimum Gasteiger partial charge on any atom is -0.316 e. The smallest absolute Gasteiger partial charge is 0.0285 e. The Morgan fingerprint density at radius 1 is 1.56 bits per heavy atom. The fraction of sp³-hybridized carbons (Fsp3) is 0.692. The Morgan fingerprint density at radius 2 is 2.44 bits per heavy atom. The highest BCUT2D eigenvalue weighted by atomic mass is 79.9. The van der Waals surface area contributed by atoms with Crippen molar-refractivity contribution >= 4 is 27.3 Å². The molecule has 1 aromatic heterocycles. The molecule has 0 saturated carbocycles. The Balaban J connectivity index is 1.55. The van der Waals surface area contributed by atoms with Gasteiger partial charge in [0.25, 0.3) is 0 Å². The quantitative estimate of drug-likeness (QED) is 0.780. The first-order valence-electron chi connectivity index (χ1n) is 6.60. The number of nitrogens with one attached hydrogen (secondary N) is 2. The molecule has 3 nitrogen and oxygen atoms in total. The first-order chi connectivity index (χ1) is 8.75. The lowest BCUT2D eigenvalue weighted by atomic mass is 10.1. The van der Waals surface area contributed by atoms with Gasteiger partial charge in [0, 0.05) is 40.4 Å². The van der Waals surface area contributed by atoms with Crippen LogP contribution in [0, 0.1) is 0 Å². The molecular formula is C13H22BrN3S. The Hall–Kier alpha value is 0.0600. The highest BCUT2D eigenvalue weighted by molar-refractivity contribution is 9.10. The van der Waals surface area contributed by atoms with Crippen LogP contribution in [0.25, 0.3) is 0 Å². The number of thiophene rings is 1. The fourth-order valence-corrected chi connectivity index (χ4v) is 3.73. The normalized spacial score (nSPS) is 21.3. The van der Waals surface area contributed by atoms with Gasteiger partial charge in [-0.2, -0.15) is 0 Å². The first-order valence-corrected chi connectivity index (χ1v) is 8.27. The number of piperazine rings is 1. The highest BCUT2D eigenvalue weighted by Crippen LogP contribution is 2.19. The van der Waals surface area contributed by atoms with Gasteiger partial charge >= 0.3 is 0 Å². The van der Waals surface area contributed by atoms with E-state index in [1.165, 1.54) is 22.3 Å². The van der Waals surface area contributed by atoms with Crippen molar-refractivity contribution in [3.63, 3.8) is 0 Å². The van der Waals surface area contributed by atoms with Gasteiger partial charge in [-0.05, 0) is 55.0 Å². The maximum atomic E-state index is 3.55. The van der Waals surface area contributed by atoms with Gasteiger partial charge in [-0.3, -0.25) is 0 Å². The average molecular weight is 332 g/mol. The molecule has 1 fully saturated rings. The molecule has 102 valence electrons. The van der Waals surface area contributed by atoms with E-state index in [-0.39, 0.29) is 0 Å². The summed E-state index contributed by atoms with van der Waals surface area (Å²) in [6.07, 6.45) is 2.37. The van der Waals surface area contributed by atoms with Crippen LogP contribution in [0.3, 0.4) is 0 Å². The standard InChI is InChI=1S/C13H22BrN3S/c1-17-7-6-16-9-12(17)2-4-15-5-3-13-8-11(14)10-18-13/h8,10,12,15-16H,2-7,9H2,1H3. The topological polar surface area (TPSA) is 27.3 Å². The van der Waals surface area contributed by atoms with Crippen LogP contribution in [0.1, 0.15) is 11.3 Å². The molecule has 18 heavy (non-hydrogen) atoms. The van der Waals surface area contributed by atoms with Crippen molar-refractivity contribution in [1.29, 1.82) is 0 Å². The van der Waals surface area contributed by atoms with E-state index in [2.05, 4.69) is 50.0 Å². The van der Waals surface area contributed by atoms with Crippen molar-refractivity contribution in [3.05, 3.63) is 20.8 Å². The Kier molecular flexibility index (Phi) is 6.11. The summed E-state index contributed by atoms with van der Waals surface area (Å²) in [6, 6.07) is 2.91. The molecule has 5 heteroatoms. The van der Waals surface area contributed by atoms with Crippen LogP contribution >= 0.6 is 27.3 Å². The van der Waals surface area contributed by atoms with Crippen LogP contribution in [-0.4, -0.2) is 50.7 Å². The summed E-state index contributed by atoms with van der Waals surface area (Å²) >= 11 is 5.32. The second kappa shape index (κ2) is 7.60. The van der Waals surface area contributed by atoms with Crippen LogP contribution < -0.4 is 10.6 Å². The van der Waals surface area contributed by atoms with Gasteiger partial charge in [0.1, 0.15) is 0 Å². The number of nitrogens with zero attached hydrogens (tertiary/aromatic N) is 1. The predicted octanol–water partition coefficient (Wildman–Crippen LogP) is 1.94. The van der Waals surface area contributed by atoms with Crippen molar-refractivity contribution in [2.75, 3.05) is 39.8 Å². The second-order valence-corrected chi connectivity index (χ2v) is 6.77. The maximum Gasteiger partial charge on any atom is 0.0285 e. The van der Waals surface area contributed by atoms with Crippen LogP contribution in [-0.2, 0) is 6.42 Å². The van der Waals surface area contributed by atoms with E-state index in [9.17, 15) is 0 Å². The molecule has 2 N–H and O–H groups in total. The number of hydrogen-bond acceptors (Lipinski definition) is 4. The summed E-state index contributed by atoms with van der Waals surface area (Å²) in [6.45, 7) is 5.64. The van der Waals surface area contributed by atoms with Crippen molar-refractivity contribution < 1.29 is 0 Å². The van der Waals surface area contributed by atoms with Gasteiger partial charge in [-0.15, -0.1) is 11.3 Å². The molecule has 1 unspecified atom stereocenters. The third-order valence-electron chi connectivity index (χ3n) is 3.47. The molecule has 1 saturated heterocycles. The maximum absolute atomic E-state index is 3.55. The fourth-order valence-electron chi connectivity index (χ4n) is 2.28. The number of rotatable bonds is 6. The van der Waals surface area contributed by atoms with Gasteiger partial charge in [0.15, 0.2) is 0 Å². The second-order valence-electron chi connectivity index (χ2n) is 4.86.